The van der Waals surface area contributed by atoms with Crippen LogP contribution in [0.5, 0.6) is 0 Å². The molecule has 2 heterocycles. The molecule has 9 nitrogen and oxygen atoms in total. The van der Waals surface area contributed by atoms with Gasteiger partial charge in [-0.25, -0.2) is 9.59 Å². The Morgan fingerprint density at radius 1 is 1.53 bits per heavy atom. The normalized spacial score (nSPS) is 15.2. The van der Waals surface area contributed by atoms with Crippen molar-refractivity contribution in [3.8, 4) is 0 Å². The van der Waals surface area contributed by atoms with Gasteiger partial charge in [-0.1, -0.05) is 0 Å². The van der Waals surface area contributed by atoms with E-state index in [-0.39, 0.29) is 30.7 Å². The number of amides is 3. The number of hydrogen-bond acceptors (Lipinski definition) is 4. The first-order valence-electron chi connectivity index (χ1n) is 5.74. The van der Waals surface area contributed by atoms with Crippen LogP contribution in [0.1, 0.15) is 0 Å². The molecule has 0 atom stereocenters. The molecule has 2 rings (SSSR count). The number of β-amino-alcohol motifs (C(OH)–C–C–N with tert-alkyl or cyclic N) is 1. The molecule has 1 aromatic heterocycles. The van der Waals surface area contributed by atoms with E-state index < -0.39 is 6.09 Å². The number of urea groups is 1. The standard InChI is InChI=1S/C10H15N5O4/c1-13-6-7(11-9(17)18)8(12-13)15-3-2-14(4-5-16)10(15)19/h6,11,16H,2-5H2,1H3,(H,17,18). The molecule has 0 aliphatic carbocycles. The molecule has 1 aliphatic heterocycles. The predicted molar refractivity (Wildman–Crippen MR) is 66.3 cm³/mol. The van der Waals surface area contributed by atoms with E-state index in [0.717, 1.165) is 0 Å². The number of carboxylic acid groups (broad SMARTS) is 1. The van der Waals surface area contributed by atoms with Crippen LogP contribution in [0, 0.1) is 0 Å². The van der Waals surface area contributed by atoms with Crippen molar-refractivity contribution in [2.24, 2.45) is 7.05 Å². The molecule has 0 spiro atoms. The van der Waals surface area contributed by atoms with Crippen LogP contribution in [0.15, 0.2) is 6.20 Å². The van der Waals surface area contributed by atoms with Crippen LogP contribution in [0.25, 0.3) is 0 Å². The monoisotopic (exact) mass is 269 g/mol. The third-order valence-electron chi connectivity index (χ3n) is 2.77. The van der Waals surface area contributed by atoms with Crippen LogP contribution in [0.2, 0.25) is 0 Å². The van der Waals surface area contributed by atoms with Crippen molar-refractivity contribution in [1.29, 1.82) is 0 Å². The van der Waals surface area contributed by atoms with Crippen LogP contribution in [0.4, 0.5) is 21.1 Å². The lowest BCUT2D eigenvalue weighted by atomic mass is 10.4. The smallest absolute Gasteiger partial charge is 0.409 e. The van der Waals surface area contributed by atoms with Crippen molar-refractivity contribution in [3.63, 3.8) is 0 Å². The van der Waals surface area contributed by atoms with Gasteiger partial charge in [-0.05, 0) is 0 Å². The number of aryl methyl sites for hydroxylation is 1. The summed E-state index contributed by atoms with van der Waals surface area (Å²) in [6.45, 7) is 1.03. The van der Waals surface area contributed by atoms with Crippen molar-refractivity contribution < 1.29 is 19.8 Å². The summed E-state index contributed by atoms with van der Waals surface area (Å²) in [5.41, 5.74) is 0.259. The molecule has 1 aromatic rings. The van der Waals surface area contributed by atoms with Crippen LogP contribution in [0.3, 0.4) is 0 Å². The fraction of sp³-hybridized carbons (Fsp3) is 0.500. The van der Waals surface area contributed by atoms with E-state index >= 15 is 0 Å². The average molecular weight is 269 g/mol. The topological polar surface area (TPSA) is 111 Å². The molecule has 0 bridgehead atoms. The molecule has 0 radical (unpaired) electrons. The lowest BCUT2D eigenvalue weighted by Gasteiger charge is -2.16. The molecule has 1 saturated heterocycles. The number of aliphatic hydroxyl groups excluding tert-OH is 1. The third-order valence-corrected chi connectivity index (χ3v) is 2.77. The summed E-state index contributed by atoms with van der Waals surface area (Å²) in [4.78, 5) is 25.6. The van der Waals surface area contributed by atoms with Gasteiger partial charge >= 0.3 is 12.1 Å². The molecule has 0 unspecified atom stereocenters. The number of aromatic nitrogens is 2. The highest BCUT2D eigenvalue weighted by Gasteiger charge is 2.32. The van der Waals surface area contributed by atoms with Crippen molar-refractivity contribution >= 4 is 23.6 Å². The summed E-state index contributed by atoms with van der Waals surface area (Å²) in [7, 11) is 1.64. The van der Waals surface area contributed by atoms with E-state index in [1.54, 1.807) is 7.05 Å². The van der Waals surface area contributed by atoms with E-state index in [0.29, 0.717) is 13.1 Å². The van der Waals surface area contributed by atoms with Gasteiger partial charge in [-0.2, -0.15) is 5.10 Å². The van der Waals surface area contributed by atoms with Crippen LogP contribution in [-0.4, -0.2) is 63.3 Å². The highest BCUT2D eigenvalue weighted by molar-refractivity contribution is 5.98. The van der Waals surface area contributed by atoms with Gasteiger partial charge in [0.25, 0.3) is 0 Å². The summed E-state index contributed by atoms with van der Waals surface area (Å²) in [6.07, 6.45) is 0.277. The van der Waals surface area contributed by atoms with Crippen molar-refractivity contribution in [1.82, 2.24) is 14.7 Å². The predicted octanol–water partition coefficient (Wildman–Crippen LogP) is -0.256. The van der Waals surface area contributed by atoms with Gasteiger partial charge in [0.05, 0.1) is 12.8 Å². The number of carbonyl (C=O) groups excluding carboxylic acids is 1. The Hall–Kier alpha value is -2.29. The van der Waals surface area contributed by atoms with Crippen molar-refractivity contribution in [2.45, 2.75) is 0 Å². The number of aliphatic hydroxyl groups is 1. The summed E-state index contributed by atoms with van der Waals surface area (Å²) in [5.74, 6) is 0.273. The molecule has 9 heteroatoms. The lowest BCUT2D eigenvalue weighted by molar-refractivity contribution is 0.199. The number of nitrogens with zero attached hydrogens (tertiary/aromatic N) is 4. The maximum atomic E-state index is 12.1. The zero-order chi connectivity index (χ0) is 14.0. The van der Waals surface area contributed by atoms with Gasteiger partial charge in [0.15, 0.2) is 5.82 Å². The number of rotatable bonds is 4. The van der Waals surface area contributed by atoms with Gasteiger partial charge in [-0.3, -0.25) is 14.9 Å². The third kappa shape index (κ3) is 2.60. The summed E-state index contributed by atoms with van der Waals surface area (Å²) >= 11 is 0. The van der Waals surface area contributed by atoms with E-state index in [1.165, 1.54) is 20.7 Å². The second-order valence-electron chi connectivity index (χ2n) is 4.12. The first kappa shape index (κ1) is 13.1. The Balaban J connectivity index is 2.22. The number of nitrogens with one attached hydrogen (secondary N) is 1. The quantitative estimate of drug-likeness (QED) is 0.697. The summed E-state index contributed by atoms with van der Waals surface area (Å²) in [6, 6.07) is -0.291. The summed E-state index contributed by atoms with van der Waals surface area (Å²) < 4.78 is 1.43. The Labute approximate surface area is 109 Å². The fourth-order valence-electron chi connectivity index (χ4n) is 1.99. The molecule has 104 valence electrons. The van der Waals surface area contributed by atoms with E-state index in [1.807, 2.05) is 0 Å². The van der Waals surface area contributed by atoms with Crippen LogP contribution >= 0.6 is 0 Å². The highest BCUT2D eigenvalue weighted by Crippen LogP contribution is 2.26. The molecule has 0 saturated carbocycles. The molecular formula is C10H15N5O4. The van der Waals surface area contributed by atoms with Gasteiger partial charge in [0.2, 0.25) is 0 Å². The Morgan fingerprint density at radius 2 is 2.26 bits per heavy atom. The molecule has 19 heavy (non-hydrogen) atoms. The molecular weight excluding hydrogens is 254 g/mol. The zero-order valence-corrected chi connectivity index (χ0v) is 10.4. The molecule has 0 aromatic carbocycles. The zero-order valence-electron chi connectivity index (χ0n) is 10.4. The van der Waals surface area contributed by atoms with E-state index in [2.05, 4.69) is 10.4 Å². The minimum Gasteiger partial charge on any atom is -0.465 e. The van der Waals surface area contributed by atoms with Gasteiger partial charge < -0.3 is 15.1 Å². The maximum absolute atomic E-state index is 12.1. The van der Waals surface area contributed by atoms with E-state index in [9.17, 15) is 9.59 Å². The first-order chi connectivity index (χ1) is 9.02. The SMILES string of the molecule is Cn1cc(NC(=O)O)c(N2CCN(CCO)C2=O)n1. The Kier molecular flexibility index (Phi) is 3.56. The Morgan fingerprint density at radius 3 is 2.89 bits per heavy atom. The number of carbonyl (C=O) groups is 2. The van der Waals surface area contributed by atoms with Gasteiger partial charge in [0, 0.05) is 26.7 Å². The second kappa shape index (κ2) is 5.14. The van der Waals surface area contributed by atoms with Gasteiger partial charge in [0.1, 0.15) is 5.69 Å². The first-order valence-corrected chi connectivity index (χ1v) is 5.74. The largest absolute Gasteiger partial charge is 0.465 e. The highest BCUT2D eigenvalue weighted by atomic mass is 16.4. The molecule has 3 amide bonds. The van der Waals surface area contributed by atoms with Crippen molar-refractivity contribution in [3.05, 3.63) is 6.20 Å². The maximum Gasteiger partial charge on any atom is 0.409 e. The number of hydrogen-bond donors (Lipinski definition) is 3. The minimum absolute atomic E-state index is 0.109. The Bertz CT molecular complexity index is 500. The van der Waals surface area contributed by atoms with Crippen LogP contribution < -0.4 is 10.2 Å². The second-order valence-corrected chi connectivity index (χ2v) is 4.12. The van der Waals surface area contributed by atoms with Crippen molar-refractivity contribution in [2.75, 3.05) is 36.5 Å². The van der Waals surface area contributed by atoms with Gasteiger partial charge in [-0.15, -0.1) is 0 Å². The molecule has 1 fully saturated rings. The van der Waals surface area contributed by atoms with Crippen LogP contribution in [-0.2, 0) is 7.05 Å². The fourth-order valence-corrected chi connectivity index (χ4v) is 1.99. The lowest BCUT2D eigenvalue weighted by Crippen LogP contribution is -2.34. The molecule has 3 N–H and O–H groups in total. The molecule has 1 aliphatic rings. The minimum atomic E-state index is -1.21. The number of anilines is 2. The van der Waals surface area contributed by atoms with E-state index in [4.69, 9.17) is 10.2 Å². The average Bonchev–Trinajstić information content (AvgIpc) is 2.84. The summed E-state index contributed by atoms with van der Waals surface area (Å²) in [5, 5.41) is 23.9.